The van der Waals surface area contributed by atoms with E-state index in [4.69, 9.17) is 0 Å². The van der Waals surface area contributed by atoms with Crippen molar-refractivity contribution in [3.63, 3.8) is 0 Å². The fourth-order valence-corrected chi connectivity index (χ4v) is 2.24. The minimum absolute atomic E-state index is 0.0508. The number of allylic oxidation sites excluding steroid dienone is 5. The smallest absolute Gasteiger partial charge is 0.295 e. The summed E-state index contributed by atoms with van der Waals surface area (Å²) in [5.41, 5.74) is 1.02. The van der Waals surface area contributed by atoms with Crippen LogP contribution >= 0.6 is 0 Å². The molecule has 0 spiro atoms. The zero-order valence-electron chi connectivity index (χ0n) is 14.4. The predicted molar refractivity (Wildman–Crippen MR) is 96.8 cm³/mol. The summed E-state index contributed by atoms with van der Waals surface area (Å²) in [6.07, 6.45) is 6.68. The molecule has 1 N–H and O–H groups in total. The largest absolute Gasteiger partial charge is 0.411 e. The SMILES string of the molecule is C=C=C(C/C=C/C)C(CC=C)(NCC(/C=C\C=C)=C/C)C(F)(F)F. The highest BCUT2D eigenvalue weighted by Crippen LogP contribution is 2.40. The van der Waals surface area contributed by atoms with Crippen molar-refractivity contribution in [1.82, 2.24) is 5.32 Å². The highest BCUT2D eigenvalue weighted by molar-refractivity contribution is 5.29. The standard InChI is InChI=1S/C20H26F3N/c1-6-11-13-17(9-4)16-24-19(15-8-3,20(21,22)23)18(10-5)14-12-7-2/h6-9,11-13,24H,1,3,5,14-16H2,2,4H3/b12-7+,13-11-,17-9+. The third kappa shape index (κ3) is 5.88. The maximum absolute atomic E-state index is 14.0. The van der Waals surface area contributed by atoms with Crippen molar-refractivity contribution in [1.29, 1.82) is 0 Å². The molecule has 0 bridgehead atoms. The van der Waals surface area contributed by atoms with E-state index < -0.39 is 11.7 Å². The molecule has 1 nitrogen and oxygen atoms in total. The zero-order valence-corrected chi connectivity index (χ0v) is 14.4. The van der Waals surface area contributed by atoms with Gasteiger partial charge in [-0.15, -0.1) is 12.3 Å². The molecular weight excluding hydrogens is 311 g/mol. The molecule has 0 radical (unpaired) electrons. The van der Waals surface area contributed by atoms with Gasteiger partial charge in [-0.1, -0.05) is 55.7 Å². The van der Waals surface area contributed by atoms with Crippen molar-refractivity contribution >= 4 is 0 Å². The van der Waals surface area contributed by atoms with Crippen LogP contribution in [0.15, 0.2) is 79.1 Å². The van der Waals surface area contributed by atoms with E-state index >= 15 is 0 Å². The molecule has 0 amide bonds. The highest BCUT2D eigenvalue weighted by Gasteiger charge is 2.55. The van der Waals surface area contributed by atoms with Gasteiger partial charge in [-0.05, 0) is 32.3 Å². The first-order valence-corrected chi connectivity index (χ1v) is 7.70. The molecule has 0 saturated heterocycles. The van der Waals surface area contributed by atoms with Crippen LogP contribution in [0.1, 0.15) is 26.7 Å². The molecule has 0 aliphatic heterocycles. The van der Waals surface area contributed by atoms with Crippen molar-refractivity contribution in [2.24, 2.45) is 0 Å². The van der Waals surface area contributed by atoms with Gasteiger partial charge in [0.2, 0.25) is 0 Å². The van der Waals surface area contributed by atoms with Gasteiger partial charge in [-0.3, -0.25) is 5.32 Å². The predicted octanol–water partition coefficient (Wildman–Crippen LogP) is 5.82. The van der Waals surface area contributed by atoms with Crippen LogP contribution in [0, 0.1) is 0 Å². The number of halogens is 3. The average Bonchev–Trinajstić information content (AvgIpc) is 2.54. The Kier molecular flexibility index (Phi) is 9.79. The minimum atomic E-state index is -4.51. The second kappa shape index (κ2) is 10.7. The van der Waals surface area contributed by atoms with E-state index in [2.05, 4.69) is 30.8 Å². The second-order valence-electron chi connectivity index (χ2n) is 5.14. The van der Waals surface area contributed by atoms with Gasteiger partial charge < -0.3 is 0 Å². The molecule has 0 aliphatic carbocycles. The Morgan fingerprint density at radius 3 is 2.29 bits per heavy atom. The number of rotatable bonds is 10. The summed E-state index contributed by atoms with van der Waals surface area (Å²) in [5, 5.41) is 2.67. The summed E-state index contributed by atoms with van der Waals surface area (Å²) in [6.45, 7) is 14.1. The van der Waals surface area contributed by atoms with Crippen molar-refractivity contribution in [2.75, 3.05) is 6.54 Å². The molecule has 1 atom stereocenters. The Morgan fingerprint density at radius 1 is 1.21 bits per heavy atom. The van der Waals surface area contributed by atoms with Gasteiger partial charge in [0.15, 0.2) is 0 Å². The lowest BCUT2D eigenvalue weighted by Crippen LogP contribution is -2.58. The first-order valence-electron chi connectivity index (χ1n) is 7.70. The minimum Gasteiger partial charge on any atom is -0.295 e. The van der Waals surface area contributed by atoms with Crippen LogP contribution in [0.25, 0.3) is 0 Å². The van der Waals surface area contributed by atoms with Crippen LogP contribution in [-0.2, 0) is 0 Å². The van der Waals surface area contributed by atoms with Gasteiger partial charge in [0.25, 0.3) is 0 Å². The number of alkyl halides is 3. The van der Waals surface area contributed by atoms with E-state index in [0.717, 1.165) is 5.57 Å². The summed E-state index contributed by atoms with van der Waals surface area (Å²) < 4.78 is 41.9. The van der Waals surface area contributed by atoms with E-state index in [9.17, 15) is 13.2 Å². The number of nitrogens with one attached hydrogen (secondary N) is 1. The van der Waals surface area contributed by atoms with Gasteiger partial charge in [0.05, 0.1) is 0 Å². The maximum atomic E-state index is 14.0. The molecule has 1 unspecified atom stereocenters. The molecule has 0 heterocycles. The molecule has 24 heavy (non-hydrogen) atoms. The Morgan fingerprint density at radius 2 is 1.88 bits per heavy atom. The van der Waals surface area contributed by atoms with E-state index in [-0.39, 0.29) is 25.0 Å². The summed E-state index contributed by atoms with van der Waals surface area (Å²) in [4.78, 5) is 0. The first-order chi connectivity index (χ1) is 11.3. The van der Waals surface area contributed by atoms with Crippen LogP contribution in [0.4, 0.5) is 13.2 Å². The monoisotopic (exact) mass is 337 g/mol. The van der Waals surface area contributed by atoms with E-state index in [1.54, 1.807) is 50.3 Å². The number of hydrogen-bond acceptors (Lipinski definition) is 1. The van der Waals surface area contributed by atoms with Crippen LogP contribution in [-0.4, -0.2) is 18.3 Å². The fourth-order valence-electron chi connectivity index (χ4n) is 2.24. The Hall–Kier alpha value is -2.03. The van der Waals surface area contributed by atoms with Gasteiger partial charge in [0.1, 0.15) is 5.54 Å². The van der Waals surface area contributed by atoms with Gasteiger partial charge in [-0.25, -0.2) is 0 Å². The molecule has 0 aromatic rings. The van der Waals surface area contributed by atoms with Crippen molar-refractivity contribution in [3.05, 3.63) is 79.1 Å². The van der Waals surface area contributed by atoms with Crippen LogP contribution in [0.2, 0.25) is 0 Å². The molecule has 4 heteroatoms. The van der Waals surface area contributed by atoms with E-state index in [1.165, 1.54) is 6.08 Å². The van der Waals surface area contributed by atoms with E-state index in [1.807, 2.05) is 0 Å². The number of hydrogen-bond donors (Lipinski definition) is 1. The lowest BCUT2D eigenvalue weighted by atomic mass is 9.83. The van der Waals surface area contributed by atoms with Crippen molar-refractivity contribution in [2.45, 2.75) is 38.4 Å². The summed E-state index contributed by atoms with van der Waals surface area (Å²) in [7, 11) is 0. The summed E-state index contributed by atoms with van der Waals surface area (Å²) in [6, 6.07) is 0. The van der Waals surface area contributed by atoms with Gasteiger partial charge >= 0.3 is 6.18 Å². The molecule has 0 aromatic heterocycles. The second-order valence-corrected chi connectivity index (χ2v) is 5.14. The van der Waals surface area contributed by atoms with Gasteiger partial charge in [0, 0.05) is 12.1 Å². The lowest BCUT2D eigenvalue weighted by molar-refractivity contribution is -0.184. The molecule has 0 rings (SSSR count). The van der Waals surface area contributed by atoms with Crippen molar-refractivity contribution < 1.29 is 13.2 Å². The topological polar surface area (TPSA) is 12.0 Å². The van der Waals surface area contributed by atoms with Crippen LogP contribution < -0.4 is 5.32 Å². The Labute approximate surface area is 143 Å². The normalized spacial score (nSPS) is 15.3. The molecule has 0 aromatic carbocycles. The molecule has 0 aliphatic rings. The zero-order chi connectivity index (χ0) is 18.6. The Bertz CT molecular complexity index is 558. The maximum Gasteiger partial charge on any atom is 0.411 e. The third-order valence-corrected chi connectivity index (χ3v) is 3.63. The first kappa shape index (κ1) is 22.0. The van der Waals surface area contributed by atoms with Gasteiger partial charge in [-0.2, -0.15) is 13.2 Å². The van der Waals surface area contributed by atoms with Crippen LogP contribution in [0.3, 0.4) is 0 Å². The highest BCUT2D eigenvalue weighted by atomic mass is 19.4. The molecule has 132 valence electrons. The molecule has 0 saturated carbocycles. The lowest BCUT2D eigenvalue weighted by Gasteiger charge is -2.37. The van der Waals surface area contributed by atoms with E-state index in [0.29, 0.717) is 0 Å². The van der Waals surface area contributed by atoms with Crippen LogP contribution in [0.5, 0.6) is 0 Å². The quantitative estimate of drug-likeness (QED) is 0.301. The molecule has 0 fully saturated rings. The van der Waals surface area contributed by atoms with Crippen molar-refractivity contribution in [3.8, 4) is 0 Å². The Balaban J connectivity index is 5.85. The fraction of sp³-hybridized carbons (Fsp3) is 0.350. The average molecular weight is 337 g/mol. The summed E-state index contributed by atoms with van der Waals surface area (Å²) in [5.74, 6) is 0. The third-order valence-electron chi connectivity index (χ3n) is 3.63. The summed E-state index contributed by atoms with van der Waals surface area (Å²) >= 11 is 0. The molecular formula is C20H26F3N.